The van der Waals surface area contributed by atoms with Crippen molar-refractivity contribution in [2.75, 3.05) is 26.3 Å². The molecule has 5 nitrogen and oxygen atoms in total. The Labute approximate surface area is 91.3 Å². The molecule has 0 N–H and O–H groups in total. The number of hydroxylamine groups is 2. The minimum Gasteiger partial charge on any atom is -0.285 e. The van der Waals surface area contributed by atoms with E-state index in [1.807, 2.05) is 27.7 Å². The molecule has 0 saturated carbocycles. The summed E-state index contributed by atoms with van der Waals surface area (Å²) >= 11 is 0. The van der Waals surface area contributed by atoms with Gasteiger partial charge < -0.3 is 0 Å². The molecule has 1 saturated heterocycles. The van der Waals surface area contributed by atoms with Crippen LogP contribution in [-0.2, 0) is 18.2 Å². The summed E-state index contributed by atoms with van der Waals surface area (Å²) in [5.41, 5.74) is -0.0967. The van der Waals surface area contributed by atoms with Gasteiger partial charge in [0.15, 0.2) is 0 Å². The lowest BCUT2D eigenvalue weighted by atomic mass is 9.97. The third kappa shape index (κ3) is 3.85. The van der Waals surface area contributed by atoms with Gasteiger partial charge in [-0.15, -0.1) is 0 Å². The first kappa shape index (κ1) is 13.1. The predicted octanol–water partition coefficient (Wildman–Crippen LogP) is 2.44. The highest BCUT2D eigenvalue weighted by atomic mass is 31.2. The Bertz CT molecular complexity index is 238. The van der Waals surface area contributed by atoms with Gasteiger partial charge in [0.1, 0.15) is 0 Å². The van der Waals surface area contributed by atoms with Crippen LogP contribution >= 0.6 is 7.82 Å². The monoisotopic (exact) mass is 237 g/mol. The summed E-state index contributed by atoms with van der Waals surface area (Å²) in [6, 6.07) is 0. The molecule has 90 valence electrons. The van der Waals surface area contributed by atoms with Crippen LogP contribution in [0.3, 0.4) is 0 Å². The van der Waals surface area contributed by atoms with E-state index in [-0.39, 0.29) is 5.41 Å². The maximum atomic E-state index is 11.9. The van der Waals surface area contributed by atoms with E-state index in [2.05, 4.69) is 0 Å². The molecule has 1 aliphatic heterocycles. The van der Waals surface area contributed by atoms with Gasteiger partial charge in [0.05, 0.1) is 13.2 Å². The highest BCUT2D eigenvalue weighted by Crippen LogP contribution is 2.55. The molecule has 0 radical (unpaired) electrons. The van der Waals surface area contributed by atoms with Gasteiger partial charge in [0.25, 0.3) is 0 Å². The molecule has 0 aliphatic carbocycles. The Hall–Kier alpha value is 0.0700. The van der Waals surface area contributed by atoms with Crippen molar-refractivity contribution in [2.45, 2.75) is 27.7 Å². The first-order valence-electron chi connectivity index (χ1n) is 5.24. The van der Waals surface area contributed by atoms with E-state index in [9.17, 15) is 4.57 Å². The summed E-state index contributed by atoms with van der Waals surface area (Å²) in [7, 11) is -3.36. The largest absolute Gasteiger partial charge is 0.491 e. The second kappa shape index (κ2) is 4.93. The summed E-state index contributed by atoms with van der Waals surface area (Å²) in [6.07, 6.45) is 0. The zero-order chi connectivity index (χ0) is 11.5. The molecule has 1 rings (SSSR count). The van der Waals surface area contributed by atoms with Gasteiger partial charge in [-0.3, -0.25) is 9.05 Å². The molecule has 0 spiro atoms. The minimum absolute atomic E-state index is 0.0967. The maximum absolute atomic E-state index is 11.9. The quantitative estimate of drug-likeness (QED) is 0.555. The van der Waals surface area contributed by atoms with E-state index in [0.717, 1.165) is 0 Å². The van der Waals surface area contributed by atoms with Crippen LogP contribution in [0.2, 0.25) is 0 Å². The second-order valence-electron chi connectivity index (χ2n) is 4.35. The van der Waals surface area contributed by atoms with E-state index >= 15 is 0 Å². The topological polar surface area (TPSA) is 48.0 Å². The van der Waals surface area contributed by atoms with Crippen LogP contribution < -0.4 is 0 Å². The number of phosphoric acid groups is 1. The Kier molecular flexibility index (Phi) is 4.32. The standard InChI is InChI=1S/C9H20NO4P/c1-5-10(6-2)14-15(11)12-7-9(3,4)8-13-15/h5-8H2,1-4H3. The lowest BCUT2D eigenvalue weighted by molar-refractivity contribution is -0.107. The molecule has 0 aromatic carbocycles. The molecule has 0 amide bonds. The molecule has 1 heterocycles. The van der Waals surface area contributed by atoms with E-state index < -0.39 is 7.82 Å². The average Bonchev–Trinajstić information content (AvgIpc) is 2.20. The third-order valence-electron chi connectivity index (χ3n) is 2.15. The summed E-state index contributed by atoms with van der Waals surface area (Å²) in [4.78, 5) is 0. The van der Waals surface area contributed by atoms with Crippen LogP contribution in [0, 0.1) is 5.41 Å². The van der Waals surface area contributed by atoms with E-state index in [1.165, 1.54) is 0 Å². The summed E-state index contributed by atoms with van der Waals surface area (Å²) in [6.45, 7) is 9.92. The molecule has 0 unspecified atom stereocenters. The van der Waals surface area contributed by atoms with Crippen molar-refractivity contribution in [3.63, 3.8) is 0 Å². The molecule has 0 aromatic rings. The van der Waals surface area contributed by atoms with E-state index in [4.69, 9.17) is 13.7 Å². The Morgan fingerprint density at radius 3 is 2.13 bits per heavy atom. The number of nitrogens with zero attached hydrogens (tertiary/aromatic N) is 1. The molecule has 1 fully saturated rings. The third-order valence-corrected chi connectivity index (χ3v) is 3.47. The van der Waals surface area contributed by atoms with Gasteiger partial charge in [-0.1, -0.05) is 27.7 Å². The van der Waals surface area contributed by atoms with Gasteiger partial charge in [-0.05, 0) is 0 Å². The fraction of sp³-hybridized carbons (Fsp3) is 1.00. The van der Waals surface area contributed by atoms with Crippen LogP contribution in [0.5, 0.6) is 0 Å². The van der Waals surface area contributed by atoms with Crippen molar-refractivity contribution >= 4 is 7.82 Å². The Morgan fingerprint density at radius 1 is 1.27 bits per heavy atom. The van der Waals surface area contributed by atoms with Crippen LogP contribution in [-0.4, -0.2) is 31.4 Å². The van der Waals surface area contributed by atoms with Crippen molar-refractivity contribution in [3.05, 3.63) is 0 Å². The predicted molar refractivity (Wildman–Crippen MR) is 57.3 cm³/mol. The fourth-order valence-corrected chi connectivity index (χ4v) is 2.81. The zero-order valence-corrected chi connectivity index (χ0v) is 10.8. The molecule has 0 bridgehead atoms. The second-order valence-corrected chi connectivity index (χ2v) is 5.93. The van der Waals surface area contributed by atoms with Gasteiger partial charge in [-0.2, -0.15) is 9.69 Å². The molecular weight excluding hydrogens is 217 g/mol. The van der Waals surface area contributed by atoms with E-state index in [1.54, 1.807) is 5.06 Å². The number of hydrogen-bond acceptors (Lipinski definition) is 5. The van der Waals surface area contributed by atoms with Gasteiger partial charge in [0, 0.05) is 18.5 Å². The fourth-order valence-electron chi connectivity index (χ4n) is 1.11. The normalized spacial score (nSPS) is 24.3. The van der Waals surface area contributed by atoms with Gasteiger partial charge in [-0.25, -0.2) is 4.57 Å². The number of rotatable bonds is 4. The van der Waals surface area contributed by atoms with Gasteiger partial charge in [0.2, 0.25) is 0 Å². The smallest absolute Gasteiger partial charge is 0.285 e. The molecule has 6 heteroatoms. The average molecular weight is 237 g/mol. The highest BCUT2D eigenvalue weighted by Gasteiger charge is 2.39. The van der Waals surface area contributed by atoms with Crippen molar-refractivity contribution in [3.8, 4) is 0 Å². The van der Waals surface area contributed by atoms with Crippen LogP contribution in [0.1, 0.15) is 27.7 Å². The summed E-state index contributed by atoms with van der Waals surface area (Å²) in [5, 5.41) is 1.57. The Balaban J connectivity index is 2.52. The lowest BCUT2D eigenvalue weighted by Crippen LogP contribution is -2.32. The summed E-state index contributed by atoms with van der Waals surface area (Å²) < 4.78 is 27.5. The van der Waals surface area contributed by atoms with Crippen LogP contribution in [0.15, 0.2) is 0 Å². The summed E-state index contributed by atoms with van der Waals surface area (Å²) in [5.74, 6) is 0. The Morgan fingerprint density at radius 2 is 1.73 bits per heavy atom. The minimum atomic E-state index is -3.36. The lowest BCUT2D eigenvalue weighted by Gasteiger charge is -2.34. The highest BCUT2D eigenvalue weighted by molar-refractivity contribution is 7.48. The van der Waals surface area contributed by atoms with E-state index in [0.29, 0.717) is 26.3 Å². The van der Waals surface area contributed by atoms with Crippen molar-refractivity contribution < 1.29 is 18.2 Å². The van der Waals surface area contributed by atoms with Crippen LogP contribution in [0.25, 0.3) is 0 Å². The molecule has 0 aromatic heterocycles. The van der Waals surface area contributed by atoms with Crippen molar-refractivity contribution in [1.29, 1.82) is 0 Å². The van der Waals surface area contributed by atoms with Crippen molar-refractivity contribution in [1.82, 2.24) is 5.06 Å². The number of phosphoric ester groups is 1. The zero-order valence-electron chi connectivity index (χ0n) is 9.86. The number of hydrogen-bond donors (Lipinski definition) is 0. The van der Waals surface area contributed by atoms with Crippen molar-refractivity contribution in [2.24, 2.45) is 5.41 Å². The van der Waals surface area contributed by atoms with Crippen LogP contribution in [0.4, 0.5) is 0 Å². The maximum Gasteiger partial charge on any atom is 0.491 e. The first-order valence-corrected chi connectivity index (χ1v) is 6.70. The first-order chi connectivity index (χ1) is 6.91. The molecule has 0 atom stereocenters. The molecule has 1 aliphatic rings. The SMILES string of the molecule is CCN(CC)OP1(=O)OCC(C)(C)CO1. The molecule has 15 heavy (non-hydrogen) atoms. The van der Waals surface area contributed by atoms with Gasteiger partial charge >= 0.3 is 7.82 Å². The molecular formula is C9H20NO4P.